The molecule has 0 saturated heterocycles. The molecular weight excluding hydrogens is 361 g/mol. The lowest BCUT2D eigenvalue weighted by atomic mass is 10.2. The van der Waals surface area contributed by atoms with Crippen molar-refractivity contribution < 1.29 is 0 Å². The van der Waals surface area contributed by atoms with Crippen LogP contribution in [0.1, 0.15) is 6.92 Å². The van der Waals surface area contributed by atoms with E-state index in [2.05, 4.69) is 9.97 Å². The quantitative estimate of drug-likeness (QED) is 0.556. The molecule has 1 heterocycles. The van der Waals surface area contributed by atoms with Crippen LogP contribution in [0.4, 0.5) is 11.6 Å². The van der Waals surface area contributed by atoms with Gasteiger partial charge in [0.25, 0.3) is 5.95 Å². The third kappa shape index (κ3) is 3.51. The first-order valence-electron chi connectivity index (χ1n) is 7.55. The summed E-state index contributed by atoms with van der Waals surface area (Å²) < 4.78 is 1.45. The van der Waals surface area contributed by atoms with Gasteiger partial charge in [0, 0.05) is 12.1 Å². The Morgan fingerprint density at radius 1 is 1.08 bits per heavy atom. The first-order chi connectivity index (χ1) is 12.0. The summed E-state index contributed by atoms with van der Waals surface area (Å²) in [6.07, 6.45) is 0. The Hall–Kier alpha value is -2.41. The SMILES string of the molecule is CCn1c(-c2ccc(Cl)c(Cl)c2)nc(N(N)c2ccccc2)nc1=O. The Labute approximate surface area is 154 Å². The molecule has 8 heteroatoms. The maximum atomic E-state index is 12.4. The van der Waals surface area contributed by atoms with E-state index in [9.17, 15) is 4.79 Å². The smallest absolute Gasteiger partial charge is 0.276 e. The van der Waals surface area contributed by atoms with Crippen molar-refractivity contribution in [1.29, 1.82) is 0 Å². The number of aromatic nitrogens is 3. The standard InChI is InChI=1S/C17H15Cl2N5O/c1-2-23-15(11-8-9-13(18)14(19)10-11)21-16(22-17(23)25)24(20)12-6-4-3-5-7-12/h3-10H,2,20H2,1H3. The number of para-hydroxylation sites is 1. The highest BCUT2D eigenvalue weighted by atomic mass is 35.5. The molecule has 0 radical (unpaired) electrons. The number of benzene rings is 2. The van der Waals surface area contributed by atoms with Crippen molar-refractivity contribution in [2.24, 2.45) is 5.84 Å². The molecule has 25 heavy (non-hydrogen) atoms. The molecule has 0 spiro atoms. The van der Waals surface area contributed by atoms with Crippen molar-refractivity contribution in [2.75, 3.05) is 5.01 Å². The van der Waals surface area contributed by atoms with Crippen LogP contribution in [0.3, 0.4) is 0 Å². The van der Waals surface area contributed by atoms with E-state index in [1.54, 1.807) is 30.3 Å². The summed E-state index contributed by atoms with van der Waals surface area (Å²) in [7, 11) is 0. The van der Waals surface area contributed by atoms with Crippen LogP contribution in [0.2, 0.25) is 10.0 Å². The summed E-state index contributed by atoms with van der Waals surface area (Å²) in [5.74, 6) is 6.61. The molecule has 0 aliphatic rings. The van der Waals surface area contributed by atoms with Crippen molar-refractivity contribution in [3.63, 3.8) is 0 Å². The van der Waals surface area contributed by atoms with Gasteiger partial charge in [-0.05, 0) is 37.3 Å². The van der Waals surface area contributed by atoms with E-state index >= 15 is 0 Å². The zero-order valence-corrected chi connectivity index (χ0v) is 14.9. The fourth-order valence-electron chi connectivity index (χ4n) is 2.37. The number of nitrogens with zero attached hydrogens (tertiary/aromatic N) is 4. The first-order valence-corrected chi connectivity index (χ1v) is 8.31. The fraction of sp³-hybridized carbons (Fsp3) is 0.118. The topological polar surface area (TPSA) is 77.0 Å². The van der Waals surface area contributed by atoms with Gasteiger partial charge in [0.15, 0.2) is 0 Å². The van der Waals surface area contributed by atoms with Crippen LogP contribution >= 0.6 is 23.2 Å². The van der Waals surface area contributed by atoms with Gasteiger partial charge < -0.3 is 0 Å². The van der Waals surface area contributed by atoms with Crippen LogP contribution in [0.5, 0.6) is 0 Å². The van der Waals surface area contributed by atoms with Crippen molar-refractivity contribution in [3.05, 3.63) is 69.1 Å². The number of rotatable bonds is 4. The summed E-state index contributed by atoms with van der Waals surface area (Å²) in [6, 6.07) is 14.2. The van der Waals surface area contributed by atoms with E-state index in [1.807, 2.05) is 25.1 Å². The van der Waals surface area contributed by atoms with Crippen molar-refractivity contribution in [1.82, 2.24) is 14.5 Å². The summed E-state index contributed by atoms with van der Waals surface area (Å²) in [5.41, 5.74) is 0.870. The van der Waals surface area contributed by atoms with E-state index in [-0.39, 0.29) is 5.95 Å². The predicted octanol–water partition coefficient (Wildman–Crippen LogP) is 3.64. The van der Waals surface area contributed by atoms with Crippen LogP contribution in [-0.2, 0) is 6.54 Å². The molecule has 2 N–H and O–H groups in total. The molecule has 0 bridgehead atoms. The summed E-state index contributed by atoms with van der Waals surface area (Å²) >= 11 is 12.1. The number of hydrazine groups is 1. The fourth-order valence-corrected chi connectivity index (χ4v) is 2.67. The van der Waals surface area contributed by atoms with Gasteiger partial charge in [-0.2, -0.15) is 9.97 Å². The summed E-state index contributed by atoms with van der Waals surface area (Å²) in [4.78, 5) is 20.9. The maximum absolute atomic E-state index is 12.4. The molecule has 1 aromatic heterocycles. The Morgan fingerprint density at radius 3 is 2.44 bits per heavy atom. The minimum atomic E-state index is -0.444. The minimum absolute atomic E-state index is 0.0990. The van der Waals surface area contributed by atoms with E-state index in [0.29, 0.717) is 33.7 Å². The van der Waals surface area contributed by atoms with E-state index in [1.165, 1.54) is 9.58 Å². The van der Waals surface area contributed by atoms with Gasteiger partial charge in [-0.15, -0.1) is 0 Å². The molecule has 128 valence electrons. The molecule has 0 fully saturated rings. The van der Waals surface area contributed by atoms with Crippen molar-refractivity contribution >= 4 is 34.8 Å². The number of hydrogen-bond donors (Lipinski definition) is 1. The Kier molecular flexibility index (Phi) is 5.03. The van der Waals surface area contributed by atoms with Crippen LogP contribution in [0, 0.1) is 0 Å². The molecule has 0 amide bonds. The largest absolute Gasteiger partial charge is 0.352 e. The third-order valence-corrected chi connectivity index (χ3v) is 4.37. The highest BCUT2D eigenvalue weighted by Crippen LogP contribution is 2.28. The maximum Gasteiger partial charge on any atom is 0.352 e. The second-order valence-electron chi connectivity index (χ2n) is 5.21. The monoisotopic (exact) mass is 375 g/mol. The molecule has 0 atom stereocenters. The van der Waals surface area contributed by atoms with Crippen LogP contribution in [-0.4, -0.2) is 14.5 Å². The Morgan fingerprint density at radius 2 is 1.80 bits per heavy atom. The van der Waals surface area contributed by atoms with Crippen molar-refractivity contribution in [3.8, 4) is 11.4 Å². The predicted molar refractivity (Wildman–Crippen MR) is 100 cm³/mol. The molecule has 0 saturated carbocycles. The van der Waals surface area contributed by atoms with Crippen LogP contribution in [0.25, 0.3) is 11.4 Å². The Bertz CT molecular complexity index is 959. The van der Waals surface area contributed by atoms with Gasteiger partial charge >= 0.3 is 5.69 Å². The molecule has 2 aromatic carbocycles. The molecule has 0 aliphatic heterocycles. The first kappa shape index (κ1) is 17.4. The third-order valence-electron chi connectivity index (χ3n) is 3.63. The van der Waals surface area contributed by atoms with Gasteiger partial charge in [0.2, 0.25) is 0 Å². The highest BCUT2D eigenvalue weighted by Gasteiger charge is 2.16. The van der Waals surface area contributed by atoms with Gasteiger partial charge in [-0.25, -0.2) is 15.6 Å². The van der Waals surface area contributed by atoms with Gasteiger partial charge in [-0.3, -0.25) is 4.57 Å². The minimum Gasteiger partial charge on any atom is -0.276 e. The average molecular weight is 376 g/mol. The molecule has 6 nitrogen and oxygen atoms in total. The lowest BCUT2D eigenvalue weighted by Gasteiger charge is -2.18. The second kappa shape index (κ2) is 7.23. The Balaban J connectivity index is 2.16. The zero-order valence-electron chi connectivity index (χ0n) is 13.4. The zero-order chi connectivity index (χ0) is 18.0. The van der Waals surface area contributed by atoms with Crippen LogP contribution < -0.4 is 16.5 Å². The molecule has 3 aromatic rings. The van der Waals surface area contributed by atoms with E-state index in [0.717, 1.165) is 0 Å². The second-order valence-corrected chi connectivity index (χ2v) is 6.02. The lowest BCUT2D eigenvalue weighted by Crippen LogP contribution is -2.33. The van der Waals surface area contributed by atoms with Crippen molar-refractivity contribution in [2.45, 2.75) is 13.5 Å². The highest BCUT2D eigenvalue weighted by molar-refractivity contribution is 6.42. The molecule has 0 aliphatic carbocycles. The summed E-state index contributed by atoms with van der Waals surface area (Å²) in [5, 5.41) is 2.07. The van der Waals surface area contributed by atoms with Crippen LogP contribution in [0.15, 0.2) is 53.3 Å². The molecule has 3 rings (SSSR count). The van der Waals surface area contributed by atoms with Gasteiger partial charge in [0.05, 0.1) is 15.7 Å². The number of halogens is 2. The molecule has 0 unspecified atom stereocenters. The van der Waals surface area contributed by atoms with Gasteiger partial charge in [-0.1, -0.05) is 41.4 Å². The normalized spacial score (nSPS) is 10.7. The lowest BCUT2D eigenvalue weighted by molar-refractivity contribution is 0.682. The average Bonchev–Trinajstić information content (AvgIpc) is 2.63. The van der Waals surface area contributed by atoms with E-state index < -0.39 is 5.69 Å². The van der Waals surface area contributed by atoms with Gasteiger partial charge in [0.1, 0.15) is 5.82 Å². The number of hydrogen-bond acceptors (Lipinski definition) is 5. The summed E-state index contributed by atoms with van der Waals surface area (Å²) in [6.45, 7) is 2.24. The number of nitrogens with two attached hydrogens (primary N) is 1. The molecular formula is C17H15Cl2N5O. The number of anilines is 2. The van der Waals surface area contributed by atoms with E-state index in [4.69, 9.17) is 29.0 Å².